The van der Waals surface area contributed by atoms with Crippen molar-refractivity contribution < 1.29 is 14.5 Å². The van der Waals surface area contributed by atoms with Gasteiger partial charge in [0.2, 0.25) is 0 Å². The first-order valence-electron chi connectivity index (χ1n) is 5.45. The molecule has 2 rings (SSSR count). The Hall–Kier alpha value is -2.76. The molecular formula is C13H10N2O4. The summed E-state index contributed by atoms with van der Waals surface area (Å²) in [6.07, 6.45) is 1.43. The fourth-order valence-electron chi connectivity index (χ4n) is 1.42. The molecule has 0 saturated heterocycles. The van der Waals surface area contributed by atoms with Crippen molar-refractivity contribution in [2.45, 2.75) is 6.92 Å². The topological polar surface area (TPSA) is 82.3 Å². The molecule has 19 heavy (non-hydrogen) atoms. The zero-order valence-electron chi connectivity index (χ0n) is 10.1. The lowest BCUT2D eigenvalue weighted by atomic mass is 10.3. The molecular weight excluding hydrogens is 248 g/mol. The number of carbonyl (C=O) groups excluding carboxylic acids is 1. The van der Waals surface area contributed by atoms with Crippen molar-refractivity contribution in [2.75, 3.05) is 0 Å². The minimum absolute atomic E-state index is 0.00240. The third kappa shape index (κ3) is 3.12. The van der Waals surface area contributed by atoms with E-state index in [9.17, 15) is 14.9 Å². The van der Waals surface area contributed by atoms with Crippen LogP contribution >= 0.6 is 0 Å². The van der Waals surface area contributed by atoms with E-state index in [2.05, 4.69) is 4.98 Å². The maximum Gasteiger partial charge on any atom is 0.269 e. The van der Waals surface area contributed by atoms with Gasteiger partial charge < -0.3 is 4.74 Å². The molecule has 6 heteroatoms. The zero-order chi connectivity index (χ0) is 13.8. The summed E-state index contributed by atoms with van der Waals surface area (Å²) in [6.45, 7) is 1.43. The molecule has 2 aromatic rings. The largest absolute Gasteiger partial charge is 0.456 e. The summed E-state index contributed by atoms with van der Waals surface area (Å²) in [7, 11) is 0. The quantitative estimate of drug-likeness (QED) is 0.478. The van der Waals surface area contributed by atoms with Crippen LogP contribution < -0.4 is 4.74 Å². The van der Waals surface area contributed by atoms with Gasteiger partial charge >= 0.3 is 0 Å². The number of nitro groups is 1. The van der Waals surface area contributed by atoms with Gasteiger partial charge in [-0.1, -0.05) is 0 Å². The van der Waals surface area contributed by atoms with E-state index in [0.29, 0.717) is 17.2 Å². The molecule has 0 saturated carbocycles. The summed E-state index contributed by atoms with van der Waals surface area (Å²) < 4.78 is 5.45. The van der Waals surface area contributed by atoms with Crippen molar-refractivity contribution in [1.29, 1.82) is 0 Å². The average molecular weight is 258 g/mol. The van der Waals surface area contributed by atoms with Gasteiger partial charge in [0.25, 0.3) is 5.69 Å². The fourth-order valence-corrected chi connectivity index (χ4v) is 1.42. The van der Waals surface area contributed by atoms with Crippen LogP contribution in [0.5, 0.6) is 11.5 Å². The Bertz CT molecular complexity index is 550. The normalized spacial score (nSPS) is 9.95. The number of ketones is 1. The Balaban J connectivity index is 2.12. The van der Waals surface area contributed by atoms with Crippen molar-refractivity contribution >= 4 is 11.5 Å². The van der Waals surface area contributed by atoms with Crippen molar-refractivity contribution in [2.24, 2.45) is 0 Å². The molecule has 0 atom stereocenters. The first-order chi connectivity index (χ1) is 9.06. The lowest BCUT2D eigenvalue weighted by Crippen LogP contribution is -1.96. The number of nitrogens with zero attached hydrogens (tertiary/aromatic N) is 2. The Morgan fingerprint density at radius 1 is 1.16 bits per heavy atom. The number of rotatable bonds is 4. The maximum absolute atomic E-state index is 11.0. The molecule has 0 fully saturated rings. The second kappa shape index (κ2) is 5.26. The summed E-state index contributed by atoms with van der Waals surface area (Å²) in [5.74, 6) is 0.795. The highest BCUT2D eigenvalue weighted by molar-refractivity contribution is 5.92. The number of benzene rings is 1. The number of pyridine rings is 1. The third-order valence-electron chi connectivity index (χ3n) is 2.38. The van der Waals surface area contributed by atoms with Crippen LogP contribution in [0.4, 0.5) is 5.69 Å². The fraction of sp³-hybridized carbons (Fsp3) is 0.0769. The predicted octanol–water partition coefficient (Wildman–Crippen LogP) is 2.98. The SMILES string of the molecule is CC(=O)c1ccc(Oc2ccc([N+](=O)[O-])cc2)cn1. The summed E-state index contributed by atoms with van der Waals surface area (Å²) in [5.41, 5.74) is 0.355. The Labute approximate surface area is 108 Å². The van der Waals surface area contributed by atoms with Crippen molar-refractivity contribution in [1.82, 2.24) is 4.98 Å². The van der Waals surface area contributed by atoms with Gasteiger partial charge in [-0.25, -0.2) is 4.98 Å². The minimum Gasteiger partial charge on any atom is -0.456 e. The van der Waals surface area contributed by atoms with Crippen molar-refractivity contribution in [3.63, 3.8) is 0 Å². The number of aromatic nitrogens is 1. The van der Waals surface area contributed by atoms with E-state index in [1.54, 1.807) is 12.1 Å². The lowest BCUT2D eigenvalue weighted by Gasteiger charge is -2.05. The van der Waals surface area contributed by atoms with Crippen LogP contribution in [0.25, 0.3) is 0 Å². The number of carbonyl (C=O) groups is 1. The standard InChI is InChI=1S/C13H10N2O4/c1-9(16)13-7-6-12(8-14-13)19-11-4-2-10(3-5-11)15(17)18/h2-8H,1H3. The van der Waals surface area contributed by atoms with E-state index >= 15 is 0 Å². The van der Waals surface area contributed by atoms with Gasteiger partial charge in [0.05, 0.1) is 11.1 Å². The summed E-state index contributed by atoms with van der Waals surface area (Å²) in [4.78, 5) is 25.0. The van der Waals surface area contributed by atoms with E-state index in [0.717, 1.165) is 0 Å². The van der Waals surface area contributed by atoms with Crippen LogP contribution in [0, 0.1) is 10.1 Å². The molecule has 0 radical (unpaired) electrons. The first kappa shape index (κ1) is 12.7. The van der Waals surface area contributed by atoms with Crippen LogP contribution in [0.1, 0.15) is 17.4 Å². The smallest absolute Gasteiger partial charge is 0.269 e. The number of Topliss-reactive ketones (excluding diaryl/α,β-unsaturated/α-hetero) is 1. The molecule has 0 N–H and O–H groups in total. The van der Waals surface area contributed by atoms with Gasteiger partial charge in [-0.15, -0.1) is 0 Å². The molecule has 0 amide bonds. The highest BCUT2D eigenvalue weighted by atomic mass is 16.6. The Morgan fingerprint density at radius 3 is 2.26 bits per heavy atom. The second-order valence-electron chi connectivity index (χ2n) is 3.79. The molecule has 96 valence electrons. The number of hydrogen-bond acceptors (Lipinski definition) is 5. The summed E-state index contributed by atoms with van der Waals surface area (Å²) >= 11 is 0. The minimum atomic E-state index is -0.479. The number of ether oxygens (including phenoxy) is 1. The number of non-ortho nitro benzene ring substituents is 1. The summed E-state index contributed by atoms with van der Waals surface area (Å²) in [6, 6.07) is 8.88. The average Bonchev–Trinajstić information content (AvgIpc) is 2.40. The molecule has 0 aliphatic carbocycles. The summed E-state index contributed by atoms with van der Waals surface area (Å²) in [5, 5.41) is 10.5. The highest BCUT2D eigenvalue weighted by Crippen LogP contribution is 2.23. The van der Waals surface area contributed by atoms with E-state index in [1.807, 2.05) is 0 Å². The number of hydrogen-bond donors (Lipinski definition) is 0. The second-order valence-corrected chi connectivity index (χ2v) is 3.79. The van der Waals surface area contributed by atoms with Gasteiger partial charge in [-0.2, -0.15) is 0 Å². The predicted molar refractivity (Wildman–Crippen MR) is 67.4 cm³/mol. The molecule has 0 bridgehead atoms. The van der Waals surface area contributed by atoms with Crippen LogP contribution in [0.2, 0.25) is 0 Å². The van der Waals surface area contributed by atoms with Crippen molar-refractivity contribution in [3.05, 3.63) is 58.4 Å². The van der Waals surface area contributed by atoms with E-state index in [4.69, 9.17) is 4.74 Å². The third-order valence-corrected chi connectivity index (χ3v) is 2.38. The first-order valence-corrected chi connectivity index (χ1v) is 5.45. The van der Waals surface area contributed by atoms with Crippen molar-refractivity contribution in [3.8, 4) is 11.5 Å². The monoisotopic (exact) mass is 258 g/mol. The number of nitro benzene ring substituents is 1. The molecule has 1 aromatic heterocycles. The molecule has 1 heterocycles. The highest BCUT2D eigenvalue weighted by Gasteiger charge is 2.06. The molecule has 0 aliphatic heterocycles. The molecule has 0 spiro atoms. The zero-order valence-corrected chi connectivity index (χ0v) is 10.1. The Morgan fingerprint density at radius 2 is 1.79 bits per heavy atom. The van der Waals surface area contributed by atoms with Gasteiger partial charge in [-0.05, 0) is 24.3 Å². The van der Waals surface area contributed by atoms with Gasteiger partial charge in [-0.3, -0.25) is 14.9 Å². The van der Waals surface area contributed by atoms with Crippen LogP contribution in [0.3, 0.4) is 0 Å². The molecule has 0 unspecified atom stereocenters. The van der Waals surface area contributed by atoms with Crippen LogP contribution in [-0.4, -0.2) is 15.7 Å². The van der Waals surface area contributed by atoms with E-state index in [1.165, 1.54) is 37.4 Å². The maximum atomic E-state index is 11.0. The molecule has 6 nitrogen and oxygen atoms in total. The molecule has 0 aliphatic rings. The van der Waals surface area contributed by atoms with Gasteiger partial charge in [0, 0.05) is 19.1 Å². The Kier molecular flexibility index (Phi) is 3.51. The van der Waals surface area contributed by atoms with Gasteiger partial charge in [0.15, 0.2) is 5.78 Å². The van der Waals surface area contributed by atoms with Gasteiger partial charge in [0.1, 0.15) is 17.2 Å². The van der Waals surface area contributed by atoms with Crippen LogP contribution in [0.15, 0.2) is 42.6 Å². The van der Waals surface area contributed by atoms with Crippen LogP contribution in [-0.2, 0) is 0 Å². The van der Waals surface area contributed by atoms with E-state index in [-0.39, 0.29) is 11.5 Å². The van der Waals surface area contributed by atoms with E-state index < -0.39 is 4.92 Å². The lowest BCUT2D eigenvalue weighted by molar-refractivity contribution is -0.384. The molecule has 1 aromatic carbocycles.